The summed E-state index contributed by atoms with van der Waals surface area (Å²) in [6.45, 7) is 4.61. The lowest BCUT2D eigenvalue weighted by Gasteiger charge is -2.28. The van der Waals surface area contributed by atoms with Crippen molar-refractivity contribution in [3.05, 3.63) is 54.5 Å². The van der Waals surface area contributed by atoms with Crippen LogP contribution in [0.25, 0.3) is 5.52 Å². The Morgan fingerprint density at radius 1 is 1.03 bits per heavy atom. The predicted octanol–water partition coefficient (Wildman–Crippen LogP) is 3.69. The van der Waals surface area contributed by atoms with Gasteiger partial charge in [0.2, 0.25) is 5.60 Å². The molecule has 0 saturated carbocycles. The molecule has 24 heteroatoms. The van der Waals surface area contributed by atoms with E-state index in [1.54, 1.807) is 37.2 Å². The Hall–Kier alpha value is -5.24. The van der Waals surface area contributed by atoms with Gasteiger partial charge in [-0.2, -0.15) is 15.4 Å². The highest BCUT2D eigenvalue weighted by atomic mass is 32.2. The summed E-state index contributed by atoms with van der Waals surface area (Å²) in [6.07, 6.45) is -1.06. The molecule has 0 unspecified atom stereocenters. The third-order valence-electron chi connectivity index (χ3n) is 8.91. The number of benzene rings is 1. The van der Waals surface area contributed by atoms with Crippen molar-refractivity contribution >= 4 is 78.8 Å². The number of carboxylic acid groups (broad SMARTS) is 2. The van der Waals surface area contributed by atoms with Crippen LogP contribution in [0.2, 0.25) is 0 Å². The van der Waals surface area contributed by atoms with E-state index in [0.717, 1.165) is 19.2 Å². The third-order valence-corrected chi connectivity index (χ3v) is 12.3. The van der Waals surface area contributed by atoms with Crippen LogP contribution >= 0.6 is 31.3 Å². The maximum atomic E-state index is 14.6. The van der Waals surface area contributed by atoms with Crippen LogP contribution in [0, 0.1) is 17.2 Å². The van der Waals surface area contributed by atoms with Gasteiger partial charge in [0, 0.05) is 14.1 Å². The number of nitriles is 1. The van der Waals surface area contributed by atoms with Crippen molar-refractivity contribution in [1.29, 1.82) is 5.26 Å². The molecular formula is C38H48N7O14PS2. The smallest absolute Gasteiger partial charge is 0.459 e. The normalized spacial score (nSPS) is 20.0. The molecule has 3 aromatic rings. The monoisotopic (exact) mass is 921 g/mol. The second kappa shape index (κ2) is 23.3. The molecule has 1 aliphatic heterocycles. The molecule has 0 amide bonds. The summed E-state index contributed by atoms with van der Waals surface area (Å²) in [7, 11) is -1.16. The number of hydrogen-bond acceptors (Lipinski definition) is 18. The van der Waals surface area contributed by atoms with E-state index >= 15 is 0 Å². The molecule has 3 heterocycles. The molecule has 336 valence electrons. The van der Waals surface area contributed by atoms with E-state index in [0.29, 0.717) is 23.5 Å². The molecule has 0 radical (unpaired) electrons. The number of ether oxygens (including phenoxy) is 4. The maximum absolute atomic E-state index is 14.6. The van der Waals surface area contributed by atoms with Crippen LogP contribution < -0.4 is 9.61 Å². The Morgan fingerprint density at radius 2 is 1.68 bits per heavy atom. The van der Waals surface area contributed by atoms with Crippen LogP contribution in [0.15, 0.2) is 53.8 Å². The molecule has 0 bridgehead atoms. The van der Waals surface area contributed by atoms with Crippen molar-refractivity contribution in [2.75, 3.05) is 50.3 Å². The number of aliphatic imine (C=N–C) groups is 1. The first kappa shape index (κ1) is 49.4. The van der Waals surface area contributed by atoms with Gasteiger partial charge in [0.15, 0.2) is 18.0 Å². The zero-order valence-corrected chi connectivity index (χ0v) is 37.0. The molecule has 6 atom stereocenters. The van der Waals surface area contributed by atoms with Crippen LogP contribution in [0.3, 0.4) is 0 Å². The minimum atomic E-state index is -4.63. The number of fused-ring (bicyclic) bond motifs is 1. The van der Waals surface area contributed by atoms with Crippen molar-refractivity contribution in [3.63, 3.8) is 0 Å². The Bertz CT molecular complexity index is 2150. The van der Waals surface area contributed by atoms with E-state index in [4.69, 9.17) is 38.2 Å². The molecule has 3 N–H and O–H groups in total. The number of nitrogens with zero attached hydrogens (tertiary/aromatic N) is 6. The Balaban J connectivity index is 1.80. The molecular weight excluding hydrogens is 874 g/mol. The number of carbonyl (C=O) groups excluding carboxylic acids is 3. The molecule has 1 fully saturated rings. The molecule has 21 nitrogen and oxygen atoms in total. The van der Waals surface area contributed by atoms with Gasteiger partial charge in [-0.3, -0.25) is 28.5 Å². The van der Waals surface area contributed by atoms with Gasteiger partial charge in [-0.25, -0.2) is 19.1 Å². The number of esters is 3. The fourth-order valence-electron chi connectivity index (χ4n) is 5.87. The lowest BCUT2D eigenvalue weighted by Crippen LogP contribution is -2.46. The zero-order chi connectivity index (χ0) is 45.5. The molecule has 0 spiro atoms. The van der Waals surface area contributed by atoms with Crippen LogP contribution in [0.5, 0.6) is 5.75 Å². The van der Waals surface area contributed by atoms with Crippen molar-refractivity contribution in [1.82, 2.24) is 24.6 Å². The van der Waals surface area contributed by atoms with E-state index in [1.807, 2.05) is 19.9 Å². The Labute approximate surface area is 365 Å². The average Bonchev–Trinajstić information content (AvgIpc) is 3.79. The Kier molecular flexibility index (Phi) is 18.5. The third kappa shape index (κ3) is 13.6. The molecule has 1 aromatic carbocycles. The quantitative estimate of drug-likeness (QED) is 0.0359. The summed E-state index contributed by atoms with van der Waals surface area (Å²) in [5.74, 6) is -6.86. The summed E-state index contributed by atoms with van der Waals surface area (Å²) in [5, 5.41) is 36.3. The minimum Gasteiger partial charge on any atom is -0.481 e. The number of aliphatic carboxylic acids is 2. The van der Waals surface area contributed by atoms with Gasteiger partial charge >= 0.3 is 37.6 Å². The molecule has 1 saturated heterocycles. The first-order valence-corrected chi connectivity index (χ1v) is 22.9. The first-order chi connectivity index (χ1) is 29.5. The fourth-order valence-corrected chi connectivity index (χ4v) is 8.39. The summed E-state index contributed by atoms with van der Waals surface area (Å²) >= 11 is 1.39. The molecule has 2 aromatic heterocycles. The van der Waals surface area contributed by atoms with Crippen LogP contribution in [0.4, 0.5) is 5.82 Å². The van der Waals surface area contributed by atoms with E-state index in [2.05, 4.69) is 20.2 Å². The maximum Gasteiger partial charge on any atom is 0.459 e. The SMILES string of the molecule is CCC(CC)COC(=O)[C@H](C)N[P@](=O)(OC[C@H]1O[C@@](C#N)(c2ccc3c(/N=C\N(C)C)ncnn23)[C@H](OC(=O)CSCC(=O)O)[C@@H]1OC(=O)CSCC(=O)O)Oc1ccccc1. The highest BCUT2D eigenvalue weighted by Gasteiger charge is 2.63. The highest BCUT2D eigenvalue weighted by Crippen LogP contribution is 2.48. The lowest BCUT2D eigenvalue weighted by molar-refractivity contribution is -0.165. The molecule has 4 rings (SSSR count). The second-order valence-electron chi connectivity index (χ2n) is 13.8. The van der Waals surface area contributed by atoms with Crippen LogP contribution in [-0.4, -0.2) is 141 Å². The minimum absolute atomic E-state index is 0.0610. The number of hydrogen-bond donors (Lipinski definition) is 3. The lowest BCUT2D eigenvalue weighted by atomic mass is 9.92. The largest absolute Gasteiger partial charge is 0.481 e. The highest BCUT2D eigenvalue weighted by molar-refractivity contribution is 8.00. The number of aromatic nitrogens is 3. The van der Waals surface area contributed by atoms with Crippen molar-refractivity contribution in [2.45, 2.75) is 63.6 Å². The van der Waals surface area contributed by atoms with Gasteiger partial charge in [-0.15, -0.1) is 23.5 Å². The number of nitrogens with one attached hydrogen (secondary N) is 1. The molecule has 1 aliphatic rings. The average molecular weight is 922 g/mol. The van der Waals surface area contributed by atoms with Crippen molar-refractivity contribution < 1.29 is 66.7 Å². The molecule has 0 aliphatic carbocycles. The zero-order valence-electron chi connectivity index (χ0n) is 34.5. The van der Waals surface area contributed by atoms with Crippen molar-refractivity contribution in [2.24, 2.45) is 10.9 Å². The topological polar surface area (TPSA) is 280 Å². The van der Waals surface area contributed by atoms with Gasteiger partial charge < -0.3 is 38.6 Å². The van der Waals surface area contributed by atoms with Crippen LogP contribution in [0.1, 0.15) is 39.3 Å². The first-order valence-electron chi connectivity index (χ1n) is 19.1. The predicted molar refractivity (Wildman–Crippen MR) is 225 cm³/mol. The number of carboxylic acids is 2. The van der Waals surface area contributed by atoms with E-state index in [1.165, 1.54) is 42.0 Å². The number of para-hydroxylation sites is 1. The van der Waals surface area contributed by atoms with E-state index in [9.17, 15) is 33.8 Å². The summed E-state index contributed by atoms with van der Waals surface area (Å²) < 4.78 is 51.2. The number of carbonyl (C=O) groups is 5. The second-order valence-corrected chi connectivity index (χ2v) is 17.5. The van der Waals surface area contributed by atoms with E-state index in [-0.39, 0.29) is 35.3 Å². The summed E-state index contributed by atoms with van der Waals surface area (Å²) in [6, 6.07) is 11.6. The summed E-state index contributed by atoms with van der Waals surface area (Å²) in [5.41, 5.74) is -2.18. The van der Waals surface area contributed by atoms with Gasteiger partial charge in [-0.1, -0.05) is 44.9 Å². The van der Waals surface area contributed by atoms with Gasteiger partial charge in [0.25, 0.3) is 0 Å². The number of rotatable bonds is 25. The molecule has 62 heavy (non-hydrogen) atoms. The fraction of sp³-hybridized carbons (Fsp3) is 0.500. The van der Waals surface area contributed by atoms with Crippen molar-refractivity contribution in [3.8, 4) is 11.8 Å². The Morgan fingerprint density at radius 3 is 2.27 bits per heavy atom. The number of thioether (sulfide) groups is 2. The standard InChI is InChI=1S/C38H48N7O14PS2/c1-6-25(7-2)15-54-37(52)24(3)43-60(53,59-26-11-9-8-10-12-26)55-16-28-34(56-32(50)19-61-17-30(46)47)35(57-33(51)20-62-18-31(48)49)38(21-39,58-28)29-14-13-27-36(41-23-44(4)5)40-22-42-45(27)29/h8-14,22-25,28,34-35H,6-7,15-20H2,1-5H3,(H,43,53)(H,46,47)(H,48,49)/b41-23-/t24-,28+,34+,35+,38-,60-/m0/s1. The van der Waals surface area contributed by atoms with E-state index < -0.39 is 97.2 Å². The summed E-state index contributed by atoms with van der Waals surface area (Å²) in [4.78, 5) is 72.6. The van der Waals surface area contributed by atoms with Gasteiger partial charge in [-0.05, 0) is 37.1 Å². The van der Waals surface area contributed by atoms with Gasteiger partial charge in [0.05, 0.1) is 48.3 Å². The van der Waals surface area contributed by atoms with Gasteiger partial charge in [0.1, 0.15) is 35.8 Å². The van der Waals surface area contributed by atoms with Crippen LogP contribution in [-0.2, 0) is 57.6 Å².